The summed E-state index contributed by atoms with van der Waals surface area (Å²) in [4.78, 5) is 38.2. The Morgan fingerprint density at radius 2 is 2.16 bits per heavy atom. The summed E-state index contributed by atoms with van der Waals surface area (Å²) in [6, 6.07) is 5.94. The molecule has 2 rings (SSSR count). The van der Waals surface area contributed by atoms with Gasteiger partial charge in [-0.3, -0.25) is 14.9 Å². The van der Waals surface area contributed by atoms with E-state index in [0.29, 0.717) is 17.0 Å². The van der Waals surface area contributed by atoms with Crippen LogP contribution in [0.5, 0.6) is 0 Å². The topological polar surface area (TPSA) is 122 Å². The average molecular weight is 363 g/mol. The van der Waals surface area contributed by atoms with Crippen LogP contribution in [0.25, 0.3) is 10.6 Å². The molecule has 132 valence electrons. The first-order valence-electron chi connectivity index (χ1n) is 7.53. The molecule has 9 heteroatoms. The number of nitro groups is 1. The molecule has 0 fully saturated rings. The Balaban J connectivity index is 2.23. The Kier molecular flexibility index (Phi) is 5.48. The van der Waals surface area contributed by atoms with E-state index in [1.54, 1.807) is 6.07 Å². The van der Waals surface area contributed by atoms with Crippen LogP contribution in [0, 0.1) is 10.1 Å². The van der Waals surface area contributed by atoms with Crippen molar-refractivity contribution in [2.45, 2.75) is 32.2 Å². The zero-order chi connectivity index (χ0) is 18.6. The van der Waals surface area contributed by atoms with Gasteiger partial charge < -0.3 is 10.4 Å². The molecule has 0 aliphatic carbocycles. The molecule has 2 aromatic rings. The van der Waals surface area contributed by atoms with Crippen molar-refractivity contribution in [1.29, 1.82) is 0 Å². The van der Waals surface area contributed by atoms with Gasteiger partial charge in [-0.1, -0.05) is 25.5 Å². The molecule has 1 aromatic carbocycles. The van der Waals surface area contributed by atoms with Crippen molar-refractivity contribution in [3.05, 3.63) is 45.5 Å². The maximum atomic E-state index is 12.3. The standard InChI is InChI=1S/C16H17N3O5S/c1-3-7-16(2,15(21)22)18-13(20)12-9-25-14(17-12)10-5-4-6-11(8-10)19(23)24/h4-6,8-9H,3,7H2,1-2H3,(H,18,20)(H,21,22). The predicted molar refractivity (Wildman–Crippen MR) is 92.6 cm³/mol. The van der Waals surface area contributed by atoms with E-state index in [-0.39, 0.29) is 17.8 Å². The van der Waals surface area contributed by atoms with E-state index in [0.717, 1.165) is 11.3 Å². The van der Waals surface area contributed by atoms with Crippen LogP contribution in [0.2, 0.25) is 0 Å². The quantitative estimate of drug-likeness (QED) is 0.576. The van der Waals surface area contributed by atoms with Crippen LogP contribution in [0.1, 0.15) is 37.2 Å². The molecule has 0 aliphatic heterocycles. The van der Waals surface area contributed by atoms with Crippen LogP contribution >= 0.6 is 11.3 Å². The van der Waals surface area contributed by atoms with Gasteiger partial charge in [-0.05, 0) is 13.3 Å². The van der Waals surface area contributed by atoms with Crippen molar-refractivity contribution >= 4 is 28.9 Å². The summed E-state index contributed by atoms with van der Waals surface area (Å²) in [6.45, 7) is 3.28. The molecule has 0 saturated carbocycles. The number of aromatic nitrogens is 1. The van der Waals surface area contributed by atoms with Crippen LogP contribution in [0.15, 0.2) is 29.6 Å². The fourth-order valence-electron chi connectivity index (χ4n) is 2.30. The molecule has 0 saturated heterocycles. The summed E-state index contributed by atoms with van der Waals surface area (Å²) >= 11 is 1.16. The van der Waals surface area contributed by atoms with Crippen LogP contribution in [0.4, 0.5) is 5.69 Å². The Bertz CT molecular complexity index is 820. The first-order valence-corrected chi connectivity index (χ1v) is 8.41. The lowest BCUT2D eigenvalue weighted by atomic mass is 9.96. The Labute approximate surface area is 147 Å². The number of carbonyl (C=O) groups excluding carboxylic acids is 1. The molecule has 1 amide bonds. The lowest BCUT2D eigenvalue weighted by Crippen LogP contribution is -2.52. The number of thiazole rings is 1. The molecule has 0 spiro atoms. The number of benzene rings is 1. The van der Waals surface area contributed by atoms with E-state index in [9.17, 15) is 24.8 Å². The fourth-order valence-corrected chi connectivity index (χ4v) is 3.10. The second-order valence-corrected chi connectivity index (χ2v) is 6.54. The second kappa shape index (κ2) is 7.39. The molecule has 2 N–H and O–H groups in total. The number of rotatable bonds is 7. The first kappa shape index (κ1) is 18.5. The summed E-state index contributed by atoms with van der Waals surface area (Å²) in [7, 11) is 0. The molecule has 1 atom stereocenters. The highest BCUT2D eigenvalue weighted by molar-refractivity contribution is 7.13. The van der Waals surface area contributed by atoms with Crippen molar-refractivity contribution in [3.63, 3.8) is 0 Å². The van der Waals surface area contributed by atoms with E-state index in [1.165, 1.54) is 30.5 Å². The van der Waals surface area contributed by atoms with Crippen molar-refractivity contribution < 1.29 is 19.6 Å². The number of carboxylic acids is 1. The third-order valence-electron chi connectivity index (χ3n) is 3.65. The van der Waals surface area contributed by atoms with Gasteiger partial charge in [0.15, 0.2) is 0 Å². The number of hydrogen-bond acceptors (Lipinski definition) is 6. The number of nitrogens with one attached hydrogen (secondary N) is 1. The van der Waals surface area contributed by atoms with Crippen molar-refractivity contribution in [1.82, 2.24) is 10.3 Å². The van der Waals surface area contributed by atoms with Crippen molar-refractivity contribution in [2.75, 3.05) is 0 Å². The number of carboxylic acid groups (broad SMARTS) is 1. The molecule has 1 heterocycles. The van der Waals surface area contributed by atoms with E-state index < -0.39 is 22.3 Å². The minimum absolute atomic E-state index is 0.0694. The van der Waals surface area contributed by atoms with E-state index in [2.05, 4.69) is 10.3 Å². The number of carbonyl (C=O) groups is 2. The zero-order valence-electron chi connectivity index (χ0n) is 13.7. The number of hydrogen-bond donors (Lipinski definition) is 2. The highest BCUT2D eigenvalue weighted by atomic mass is 32.1. The zero-order valence-corrected chi connectivity index (χ0v) is 14.5. The SMILES string of the molecule is CCCC(C)(NC(=O)c1csc(-c2cccc([N+](=O)[O-])c2)n1)C(=O)O. The molecule has 0 aliphatic rings. The van der Waals surface area contributed by atoms with Crippen molar-refractivity contribution in [2.24, 2.45) is 0 Å². The Hall–Kier alpha value is -2.81. The molecule has 0 radical (unpaired) electrons. The highest BCUT2D eigenvalue weighted by Gasteiger charge is 2.34. The summed E-state index contributed by atoms with van der Waals surface area (Å²) in [6.07, 6.45) is 0.884. The predicted octanol–water partition coefficient (Wildman–Crippen LogP) is 3.09. The lowest BCUT2D eigenvalue weighted by Gasteiger charge is -2.25. The van der Waals surface area contributed by atoms with Gasteiger partial charge >= 0.3 is 5.97 Å². The lowest BCUT2D eigenvalue weighted by molar-refractivity contribution is -0.384. The molecule has 0 bridgehead atoms. The van der Waals surface area contributed by atoms with Gasteiger partial charge in [-0.15, -0.1) is 11.3 Å². The van der Waals surface area contributed by atoms with Gasteiger partial charge in [0.25, 0.3) is 11.6 Å². The molecule has 25 heavy (non-hydrogen) atoms. The van der Waals surface area contributed by atoms with Gasteiger partial charge in [0.2, 0.25) is 0 Å². The maximum Gasteiger partial charge on any atom is 0.329 e. The number of nitrogens with zero attached hydrogens (tertiary/aromatic N) is 2. The Morgan fingerprint density at radius 3 is 2.76 bits per heavy atom. The molecular formula is C16H17N3O5S. The normalized spacial score (nSPS) is 13.0. The fraction of sp³-hybridized carbons (Fsp3) is 0.312. The van der Waals surface area contributed by atoms with Gasteiger partial charge in [-0.25, -0.2) is 9.78 Å². The molecule has 1 unspecified atom stereocenters. The summed E-state index contributed by atoms with van der Waals surface area (Å²) in [5.74, 6) is -1.71. The minimum atomic E-state index is -1.37. The maximum absolute atomic E-state index is 12.3. The summed E-state index contributed by atoms with van der Waals surface area (Å²) in [5, 5.41) is 24.6. The van der Waals surface area contributed by atoms with Crippen LogP contribution < -0.4 is 5.32 Å². The van der Waals surface area contributed by atoms with E-state index in [4.69, 9.17) is 0 Å². The van der Waals surface area contributed by atoms with Crippen LogP contribution in [-0.2, 0) is 4.79 Å². The van der Waals surface area contributed by atoms with Gasteiger partial charge in [0, 0.05) is 23.1 Å². The first-order chi connectivity index (χ1) is 11.8. The number of aliphatic carboxylic acids is 1. The van der Waals surface area contributed by atoms with Gasteiger partial charge in [-0.2, -0.15) is 0 Å². The van der Waals surface area contributed by atoms with Crippen LogP contribution in [-0.4, -0.2) is 32.4 Å². The van der Waals surface area contributed by atoms with Crippen molar-refractivity contribution in [3.8, 4) is 10.6 Å². The molecule has 1 aromatic heterocycles. The Morgan fingerprint density at radius 1 is 1.44 bits per heavy atom. The van der Waals surface area contributed by atoms with Crippen LogP contribution in [0.3, 0.4) is 0 Å². The highest BCUT2D eigenvalue weighted by Crippen LogP contribution is 2.27. The molecular weight excluding hydrogens is 346 g/mol. The van der Waals surface area contributed by atoms with E-state index in [1.807, 2.05) is 6.92 Å². The average Bonchev–Trinajstić information content (AvgIpc) is 3.05. The minimum Gasteiger partial charge on any atom is -0.480 e. The molecule has 8 nitrogen and oxygen atoms in total. The summed E-state index contributed by atoms with van der Waals surface area (Å²) in [5.41, 5.74) is -0.843. The third-order valence-corrected chi connectivity index (χ3v) is 4.54. The third kappa shape index (κ3) is 4.18. The smallest absolute Gasteiger partial charge is 0.329 e. The van der Waals surface area contributed by atoms with Gasteiger partial charge in [0.05, 0.1) is 4.92 Å². The monoisotopic (exact) mass is 363 g/mol. The number of amides is 1. The van der Waals surface area contributed by atoms with E-state index >= 15 is 0 Å². The largest absolute Gasteiger partial charge is 0.480 e. The second-order valence-electron chi connectivity index (χ2n) is 5.69. The summed E-state index contributed by atoms with van der Waals surface area (Å²) < 4.78 is 0. The number of non-ortho nitro benzene ring substituents is 1. The number of nitro benzene ring substituents is 1. The van der Waals surface area contributed by atoms with Gasteiger partial charge in [0.1, 0.15) is 16.2 Å².